The number of rotatable bonds is 8. The highest BCUT2D eigenvalue weighted by atomic mass is 16.5. The molecule has 3 unspecified atom stereocenters. The first-order valence-electron chi connectivity index (χ1n) is 8.89. The van der Waals surface area contributed by atoms with Crippen LogP contribution in [0.3, 0.4) is 0 Å². The number of ether oxygens (including phenoxy) is 1. The molecule has 3 heteroatoms. The van der Waals surface area contributed by atoms with E-state index in [-0.39, 0.29) is 0 Å². The quantitative estimate of drug-likeness (QED) is 0.695. The third-order valence-electron chi connectivity index (χ3n) is 5.27. The molecule has 0 aliphatic heterocycles. The molecule has 0 aromatic carbocycles. The minimum absolute atomic E-state index is 0.444. The molecule has 0 saturated heterocycles. The summed E-state index contributed by atoms with van der Waals surface area (Å²) < 4.78 is 5.53. The van der Waals surface area contributed by atoms with Gasteiger partial charge in [-0.25, -0.2) is 0 Å². The molecule has 1 aliphatic carbocycles. The fourth-order valence-electron chi connectivity index (χ4n) is 3.68. The molecule has 126 valence electrons. The van der Waals surface area contributed by atoms with Crippen LogP contribution in [0.5, 0.6) is 0 Å². The van der Waals surface area contributed by atoms with Crippen molar-refractivity contribution in [2.75, 3.05) is 39.9 Å². The Kier molecular flexibility index (Phi) is 8.22. The van der Waals surface area contributed by atoms with Crippen molar-refractivity contribution in [1.29, 1.82) is 0 Å². The van der Waals surface area contributed by atoms with Crippen LogP contribution in [0.4, 0.5) is 0 Å². The first kappa shape index (κ1) is 18.9. The van der Waals surface area contributed by atoms with E-state index in [0.29, 0.717) is 11.5 Å². The summed E-state index contributed by atoms with van der Waals surface area (Å²) >= 11 is 0. The molecule has 1 rings (SSSR count). The molecule has 1 N–H and O–H groups in total. The van der Waals surface area contributed by atoms with Crippen LogP contribution in [0.2, 0.25) is 0 Å². The lowest BCUT2D eigenvalue weighted by Gasteiger charge is -2.43. The molecule has 21 heavy (non-hydrogen) atoms. The Balaban J connectivity index is 2.57. The summed E-state index contributed by atoms with van der Waals surface area (Å²) in [5, 5.41) is 3.56. The van der Waals surface area contributed by atoms with E-state index in [2.05, 4.69) is 51.9 Å². The largest absolute Gasteiger partial charge is 0.380 e. The molecule has 1 aliphatic rings. The van der Waals surface area contributed by atoms with Crippen molar-refractivity contribution >= 4 is 0 Å². The molecule has 0 spiro atoms. The van der Waals surface area contributed by atoms with Crippen LogP contribution in [0, 0.1) is 17.3 Å². The lowest BCUT2D eigenvalue weighted by Crippen LogP contribution is -2.46. The van der Waals surface area contributed by atoms with E-state index in [9.17, 15) is 0 Å². The van der Waals surface area contributed by atoms with E-state index >= 15 is 0 Å². The SMILES string of the molecule is CCOCCN(CC)CC1CC(C(C)(C)C)CCC1NC. The van der Waals surface area contributed by atoms with Crippen LogP contribution in [0.25, 0.3) is 0 Å². The lowest BCUT2D eigenvalue weighted by molar-refractivity contribution is 0.0721. The van der Waals surface area contributed by atoms with Crippen LogP contribution in [-0.4, -0.2) is 50.8 Å². The lowest BCUT2D eigenvalue weighted by atomic mass is 9.67. The van der Waals surface area contributed by atoms with Crippen molar-refractivity contribution in [3.63, 3.8) is 0 Å². The highest BCUT2D eigenvalue weighted by Gasteiger charge is 2.35. The zero-order valence-corrected chi connectivity index (χ0v) is 15.2. The maximum absolute atomic E-state index is 5.53. The zero-order chi connectivity index (χ0) is 15.9. The normalized spacial score (nSPS) is 27.3. The predicted molar refractivity (Wildman–Crippen MR) is 91.7 cm³/mol. The van der Waals surface area contributed by atoms with Crippen molar-refractivity contribution in [3.05, 3.63) is 0 Å². The second-order valence-corrected chi connectivity index (χ2v) is 7.62. The Hall–Kier alpha value is -0.120. The Bertz CT molecular complexity index is 275. The van der Waals surface area contributed by atoms with Crippen molar-refractivity contribution in [2.24, 2.45) is 17.3 Å². The third-order valence-corrected chi connectivity index (χ3v) is 5.27. The van der Waals surface area contributed by atoms with Gasteiger partial charge in [0.05, 0.1) is 6.61 Å². The fraction of sp³-hybridized carbons (Fsp3) is 1.00. The minimum Gasteiger partial charge on any atom is -0.380 e. The number of likely N-dealkylation sites (N-methyl/N-ethyl adjacent to an activating group) is 1. The molecule has 1 saturated carbocycles. The molecule has 0 radical (unpaired) electrons. The maximum Gasteiger partial charge on any atom is 0.0593 e. The Labute approximate surface area is 132 Å². The summed E-state index contributed by atoms with van der Waals surface area (Å²) in [7, 11) is 2.13. The van der Waals surface area contributed by atoms with Gasteiger partial charge in [-0.05, 0) is 57.0 Å². The molecule has 3 nitrogen and oxygen atoms in total. The molecule has 0 bridgehead atoms. The van der Waals surface area contributed by atoms with E-state index in [1.54, 1.807) is 0 Å². The van der Waals surface area contributed by atoms with Gasteiger partial charge >= 0.3 is 0 Å². The average molecular weight is 299 g/mol. The van der Waals surface area contributed by atoms with Crippen molar-refractivity contribution in [2.45, 2.75) is 59.9 Å². The Morgan fingerprint density at radius 3 is 2.43 bits per heavy atom. The van der Waals surface area contributed by atoms with Gasteiger partial charge in [0.15, 0.2) is 0 Å². The van der Waals surface area contributed by atoms with E-state index in [4.69, 9.17) is 4.74 Å². The second kappa shape index (κ2) is 9.12. The number of hydrogen-bond acceptors (Lipinski definition) is 3. The van der Waals surface area contributed by atoms with Crippen LogP contribution in [0.1, 0.15) is 53.9 Å². The standard InChI is InChI=1S/C18H38N2O/c1-7-20(11-12-21-8-2)14-15-13-16(18(3,4)5)9-10-17(15)19-6/h15-17,19H,7-14H2,1-6H3. The van der Waals surface area contributed by atoms with E-state index in [0.717, 1.165) is 38.1 Å². The summed E-state index contributed by atoms with van der Waals surface area (Å²) in [4.78, 5) is 2.57. The van der Waals surface area contributed by atoms with E-state index in [1.165, 1.54) is 25.8 Å². The highest BCUT2D eigenvalue weighted by molar-refractivity contribution is 4.89. The molecule has 3 atom stereocenters. The van der Waals surface area contributed by atoms with Gasteiger partial charge in [0.2, 0.25) is 0 Å². The van der Waals surface area contributed by atoms with Gasteiger partial charge in [0.1, 0.15) is 0 Å². The summed E-state index contributed by atoms with van der Waals surface area (Å²) in [6, 6.07) is 0.685. The van der Waals surface area contributed by atoms with Gasteiger partial charge < -0.3 is 15.0 Å². The predicted octanol–water partition coefficient (Wildman–Crippen LogP) is 3.40. The van der Waals surface area contributed by atoms with Gasteiger partial charge in [0.25, 0.3) is 0 Å². The summed E-state index contributed by atoms with van der Waals surface area (Å²) in [6.07, 6.45) is 4.06. The van der Waals surface area contributed by atoms with Crippen LogP contribution in [0.15, 0.2) is 0 Å². The monoisotopic (exact) mass is 298 g/mol. The van der Waals surface area contributed by atoms with Crippen LogP contribution < -0.4 is 5.32 Å². The molecular weight excluding hydrogens is 260 g/mol. The van der Waals surface area contributed by atoms with Crippen LogP contribution in [-0.2, 0) is 4.74 Å². The Morgan fingerprint density at radius 1 is 1.19 bits per heavy atom. The first-order valence-corrected chi connectivity index (χ1v) is 8.89. The molecule has 1 fully saturated rings. The number of hydrogen-bond donors (Lipinski definition) is 1. The summed E-state index contributed by atoms with van der Waals surface area (Å²) in [6.45, 7) is 16.6. The van der Waals surface area contributed by atoms with E-state index < -0.39 is 0 Å². The highest BCUT2D eigenvalue weighted by Crippen LogP contribution is 2.40. The Morgan fingerprint density at radius 2 is 1.90 bits per heavy atom. The maximum atomic E-state index is 5.53. The summed E-state index contributed by atoms with van der Waals surface area (Å²) in [5.41, 5.74) is 0.444. The molecule has 0 heterocycles. The van der Waals surface area contributed by atoms with Gasteiger partial charge in [-0.15, -0.1) is 0 Å². The molecule has 0 aromatic rings. The first-order chi connectivity index (χ1) is 9.92. The average Bonchev–Trinajstić information content (AvgIpc) is 2.45. The smallest absolute Gasteiger partial charge is 0.0593 e. The summed E-state index contributed by atoms with van der Waals surface area (Å²) in [5.74, 6) is 1.63. The van der Waals surface area contributed by atoms with Gasteiger partial charge in [-0.1, -0.05) is 27.7 Å². The van der Waals surface area contributed by atoms with Gasteiger partial charge in [-0.3, -0.25) is 0 Å². The molecule has 0 amide bonds. The second-order valence-electron chi connectivity index (χ2n) is 7.62. The number of nitrogens with one attached hydrogen (secondary N) is 1. The molecule has 0 aromatic heterocycles. The van der Waals surface area contributed by atoms with Gasteiger partial charge in [-0.2, -0.15) is 0 Å². The van der Waals surface area contributed by atoms with Crippen molar-refractivity contribution < 1.29 is 4.74 Å². The van der Waals surface area contributed by atoms with E-state index in [1.807, 2.05) is 0 Å². The number of nitrogens with zero attached hydrogens (tertiary/aromatic N) is 1. The van der Waals surface area contributed by atoms with Crippen LogP contribution >= 0.6 is 0 Å². The van der Waals surface area contributed by atoms with Crippen molar-refractivity contribution in [1.82, 2.24) is 10.2 Å². The zero-order valence-electron chi connectivity index (χ0n) is 15.2. The topological polar surface area (TPSA) is 24.5 Å². The molecular formula is C18H38N2O. The van der Waals surface area contributed by atoms with Crippen molar-refractivity contribution in [3.8, 4) is 0 Å². The minimum atomic E-state index is 0.444. The third kappa shape index (κ3) is 6.25. The fourth-order valence-corrected chi connectivity index (χ4v) is 3.68. The van der Waals surface area contributed by atoms with Gasteiger partial charge in [0, 0.05) is 25.7 Å².